The molecular formula is C20H18N4O5. The van der Waals surface area contributed by atoms with Gasteiger partial charge >= 0.3 is 5.69 Å². The van der Waals surface area contributed by atoms with Gasteiger partial charge in [0.1, 0.15) is 23.2 Å². The number of hydrogen-bond donors (Lipinski definition) is 0. The molecule has 0 saturated heterocycles. The highest BCUT2D eigenvalue weighted by atomic mass is 16.6. The molecule has 0 bridgehead atoms. The Bertz CT molecular complexity index is 1030. The van der Waals surface area contributed by atoms with Crippen LogP contribution < -0.4 is 19.3 Å². The van der Waals surface area contributed by atoms with Crippen molar-refractivity contribution in [2.24, 2.45) is 0 Å². The highest BCUT2D eigenvalue weighted by Gasteiger charge is 2.31. The van der Waals surface area contributed by atoms with Crippen molar-refractivity contribution < 1.29 is 19.2 Å². The third-order valence-corrected chi connectivity index (χ3v) is 4.58. The zero-order valence-electron chi connectivity index (χ0n) is 16.1. The fourth-order valence-corrected chi connectivity index (χ4v) is 3.16. The molecule has 3 rings (SSSR count). The van der Waals surface area contributed by atoms with Gasteiger partial charge in [-0.15, -0.1) is 0 Å². The van der Waals surface area contributed by atoms with Crippen molar-refractivity contribution in [2.75, 3.05) is 37.6 Å². The van der Waals surface area contributed by atoms with Gasteiger partial charge in [0.15, 0.2) is 12.4 Å². The topological polar surface area (TPSA) is 109 Å². The van der Waals surface area contributed by atoms with Gasteiger partial charge in [0, 0.05) is 14.1 Å². The third kappa shape index (κ3) is 3.55. The van der Waals surface area contributed by atoms with E-state index in [1.54, 1.807) is 23.9 Å². The lowest BCUT2D eigenvalue weighted by molar-refractivity contribution is -0.385. The second-order valence-corrected chi connectivity index (χ2v) is 6.22. The Morgan fingerprint density at radius 1 is 1.17 bits per heavy atom. The molecule has 148 valence electrons. The molecule has 0 unspecified atom stereocenters. The Morgan fingerprint density at radius 3 is 2.31 bits per heavy atom. The van der Waals surface area contributed by atoms with Crippen LogP contribution >= 0.6 is 0 Å². The number of nitro groups is 1. The van der Waals surface area contributed by atoms with Crippen LogP contribution in [0, 0.1) is 21.4 Å². The number of methoxy groups -OCH3 is 1. The van der Waals surface area contributed by atoms with Crippen molar-refractivity contribution in [3.63, 3.8) is 0 Å². The SMILES string of the molecule is COc1ccc(OCC(=O)C(C#N)=C2N(C)c3ccccc3N2C)c([N+](=O)[O-])c1. The Hall–Kier alpha value is -4.06. The van der Waals surface area contributed by atoms with E-state index in [0.717, 1.165) is 11.4 Å². The van der Waals surface area contributed by atoms with Crippen molar-refractivity contribution in [1.29, 1.82) is 5.26 Å². The number of Topliss-reactive ketones (excluding diaryl/α,β-unsaturated/α-hetero) is 1. The van der Waals surface area contributed by atoms with Crippen LogP contribution in [0.2, 0.25) is 0 Å². The summed E-state index contributed by atoms with van der Waals surface area (Å²) in [7, 11) is 4.91. The number of ketones is 1. The highest BCUT2D eigenvalue weighted by Crippen LogP contribution is 2.40. The molecule has 0 radical (unpaired) electrons. The summed E-state index contributed by atoms with van der Waals surface area (Å²) in [5, 5.41) is 20.9. The lowest BCUT2D eigenvalue weighted by Crippen LogP contribution is -2.27. The molecule has 0 saturated carbocycles. The van der Waals surface area contributed by atoms with Gasteiger partial charge in [-0.1, -0.05) is 12.1 Å². The number of carbonyl (C=O) groups excluding carboxylic acids is 1. The Morgan fingerprint density at radius 2 is 1.79 bits per heavy atom. The average Bonchev–Trinajstić information content (AvgIpc) is 2.98. The fourth-order valence-electron chi connectivity index (χ4n) is 3.16. The summed E-state index contributed by atoms with van der Waals surface area (Å²) < 4.78 is 10.4. The summed E-state index contributed by atoms with van der Waals surface area (Å²) in [6.07, 6.45) is 0. The van der Waals surface area contributed by atoms with Gasteiger partial charge in [0.2, 0.25) is 5.78 Å². The minimum atomic E-state index is -0.624. The molecule has 9 nitrogen and oxygen atoms in total. The molecule has 29 heavy (non-hydrogen) atoms. The van der Waals surface area contributed by atoms with Gasteiger partial charge in [-0.2, -0.15) is 5.26 Å². The summed E-state index contributed by atoms with van der Waals surface area (Å²) >= 11 is 0. The first-order valence-electron chi connectivity index (χ1n) is 8.58. The summed E-state index contributed by atoms with van der Waals surface area (Å²) in [6.45, 7) is -0.516. The molecule has 1 aliphatic heterocycles. The van der Waals surface area contributed by atoms with E-state index in [2.05, 4.69) is 0 Å². The first-order valence-corrected chi connectivity index (χ1v) is 8.58. The fraction of sp³-hybridized carbons (Fsp3) is 0.200. The van der Waals surface area contributed by atoms with Crippen LogP contribution in [0.3, 0.4) is 0 Å². The highest BCUT2D eigenvalue weighted by molar-refractivity contribution is 6.03. The lowest BCUT2D eigenvalue weighted by atomic mass is 10.2. The molecular weight excluding hydrogens is 376 g/mol. The molecule has 0 fully saturated rings. The molecule has 2 aromatic carbocycles. The number of fused-ring (bicyclic) bond motifs is 1. The van der Waals surface area contributed by atoms with E-state index in [1.165, 1.54) is 25.3 Å². The molecule has 0 aromatic heterocycles. The quantitative estimate of drug-likeness (QED) is 0.318. The predicted octanol–water partition coefficient (Wildman–Crippen LogP) is 2.87. The Kier molecular flexibility index (Phi) is 5.36. The molecule has 2 aromatic rings. The maximum atomic E-state index is 12.7. The minimum absolute atomic E-state index is 0.0807. The number of carbonyl (C=O) groups is 1. The van der Waals surface area contributed by atoms with Gasteiger partial charge in [-0.05, 0) is 24.3 Å². The molecule has 0 atom stereocenters. The normalized spacial score (nSPS) is 12.3. The summed E-state index contributed by atoms with van der Waals surface area (Å²) in [5.74, 6) is 0.0516. The molecule has 0 aliphatic carbocycles. The number of benzene rings is 2. The molecule has 1 heterocycles. The number of hydrogen-bond acceptors (Lipinski definition) is 8. The van der Waals surface area contributed by atoms with Gasteiger partial charge in [-0.25, -0.2) is 0 Å². The van der Waals surface area contributed by atoms with Crippen molar-refractivity contribution >= 4 is 22.8 Å². The largest absolute Gasteiger partial charge is 0.496 e. The van der Waals surface area contributed by atoms with E-state index >= 15 is 0 Å². The van der Waals surface area contributed by atoms with Crippen molar-refractivity contribution in [1.82, 2.24) is 0 Å². The number of nitro benzene ring substituents is 1. The van der Waals surface area contributed by atoms with Crippen molar-refractivity contribution in [3.8, 4) is 17.6 Å². The van der Waals surface area contributed by atoms with Gasteiger partial charge in [0.25, 0.3) is 0 Å². The summed E-state index contributed by atoms with van der Waals surface area (Å²) in [5.41, 5.74) is 1.29. The molecule has 1 aliphatic rings. The van der Waals surface area contributed by atoms with E-state index in [1.807, 2.05) is 30.3 Å². The van der Waals surface area contributed by atoms with Crippen LogP contribution in [-0.4, -0.2) is 38.5 Å². The number of ether oxygens (including phenoxy) is 2. The molecule has 9 heteroatoms. The second-order valence-electron chi connectivity index (χ2n) is 6.22. The first kappa shape index (κ1) is 19.7. The van der Waals surface area contributed by atoms with Crippen molar-refractivity contribution in [3.05, 3.63) is 64.0 Å². The van der Waals surface area contributed by atoms with Crippen molar-refractivity contribution in [2.45, 2.75) is 0 Å². The smallest absolute Gasteiger partial charge is 0.314 e. The van der Waals surface area contributed by atoms with Crippen LogP contribution in [0.1, 0.15) is 0 Å². The van der Waals surface area contributed by atoms with E-state index in [4.69, 9.17) is 9.47 Å². The zero-order valence-corrected chi connectivity index (χ0v) is 16.1. The van der Waals surface area contributed by atoms with Gasteiger partial charge in [-0.3, -0.25) is 14.9 Å². The van der Waals surface area contributed by atoms with Crippen LogP contribution in [0.4, 0.5) is 17.1 Å². The zero-order chi connectivity index (χ0) is 21.1. The van der Waals surface area contributed by atoms with Gasteiger partial charge < -0.3 is 19.3 Å². The maximum absolute atomic E-state index is 12.7. The number of anilines is 2. The lowest BCUT2D eigenvalue weighted by Gasteiger charge is -2.20. The van der Waals surface area contributed by atoms with E-state index in [-0.39, 0.29) is 17.0 Å². The van der Waals surface area contributed by atoms with E-state index in [0.29, 0.717) is 11.6 Å². The van der Waals surface area contributed by atoms with E-state index < -0.39 is 17.3 Å². The van der Waals surface area contributed by atoms with Crippen LogP contribution in [0.15, 0.2) is 53.9 Å². The molecule has 0 spiro atoms. The molecule has 0 N–H and O–H groups in total. The molecule has 0 amide bonds. The van der Waals surface area contributed by atoms with E-state index in [9.17, 15) is 20.2 Å². The Balaban J connectivity index is 1.87. The second kappa shape index (κ2) is 7.90. The first-order chi connectivity index (χ1) is 13.9. The number of nitriles is 1. The van der Waals surface area contributed by atoms with Crippen LogP contribution in [-0.2, 0) is 4.79 Å². The summed E-state index contributed by atoms with van der Waals surface area (Å²) in [6, 6.07) is 13.5. The minimum Gasteiger partial charge on any atom is -0.496 e. The Labute approximate surface area is 167 Å². The average molecular weight is 394 g/mol. The maximum Gasteiger partial charge on any atom is 0.314 e. The monoisotopic (exact) mass is 394 g/mol. The van der Waals surface area contributed by atoms with Crippen LogP contribution in [0.5, 0.6) is 11.5 Å². The number of rotatable bonds is 6. The number of para-hydroxylation sites is 2. The standard InChI is InChI=1S/C20H18N4O5/c1-22-15-6-4-5-7-16(15)23(2)20(22)14(11-21)18(25)12-29-19-9-8-13(28-3)10-17(19)24(26)27/h4-10H,12H2,1-3H3. The predicted molar refractivity (Wildman–Crippen MR) is 106 cm³/mol. The number of nitrogens with zero attached hydrogens (tertiary/aromatic N) is 4. The van der Waals surface area contributed by atoms with Gasteiger partial charge in [0.05, 0.1) is 29.5 Å². The third-order valence-electron chi connectivity index (χ3n) is 4.58. The van der Waals surface area contributed by atoms with Crippen LogP contribution in [0.25, 0.3) is 0 Å². The summed E-state index contributed by atoms with van der Waals surface area (Å²) in [4.78, 5) is 26.9.